The van der Waals surface area contributed by atoms with Crippen molar-refractivity contribution in [1.82, 2.24) is 0 Å². The van der Waals surface area contributed by atoms with E-state index in [2.05, 4.69) is 42.4 Å². The van der Waals surface area contributed by atoms with E-state index in [9.17, 15) is 0 Å². The average molecular weight is 168 g/mol. The molecule has 0 heterocycles. The van der Waals surface area contributed by atoms with E-state index in [4.69, 9.17) is 0 Å². The second-order valence-electron chi connectivity index (χ2n) is 4.88. The summed E-state index contributed by atoms with van der Waals surface area (Å²) in [5, 5.41) is 0.488. The van der Waals surface area contributed by atoms with Gasteiger partial charge in [0.15, 0.2) is 0 Å². The molecular formula is C7H23B3Si. The van der Waals surface area contributed by atoms with E-state index < -0.39 is 0 Å². The highest BCUT2D eigenvalue weighted by molar-refractivity contribution is 7.24. The third-order valence-electron chi connectivity index (χ3n) is 2.91. The van der Waals surface area contributed by atoms with E-state index in [1.807, 2.05) is 0 Å². The minimum atomic E-state index is 0. The van der Waals surface area contributed by atoms with Crippen LogP contribution in [-0.4, -0.2) is 32.9 Å². The molecule has 64 valence electrons. The Kier molecular flexibility index (Phi) is 5.64. The van der Waals surface area contributed by atoms with Gasteiger partial charge in [-0.3, -0.25) is 0 Å². The van der Waals surface area contributed by atoms with E-state index in [0.29, 0.717) is 10.7 Å². The first-order valence-corrected chi connectivity index (χ1v) is 4.31. The fourth-order valence-corrected chi connectivity index (χ4v) is 1.000. The van der Waals surface area contributed by atoms with Gasteiger partial charge in [-0.05, 0) is 16.4 Å². The molecule has 0 aliphatic carbocycles. The van der Waals surface area contributed by atoms with Gasteiger partial charge < -0.3 is 0 Å². The predicted octanol–water partition coefficient (Wildman–Crippen LogP) is -0.885. The molecule has 0 spiro atoms. The van der Waals surface area contributed by atoms with E-state index in [-0.39, 0.29) is 11.0 Å². The lowest BCUT2D eigenvalue weighted by Crippen LogP contribution is -2.32. The van der Waals surface area contributed by atoms with Gasteiger partial charge >= 0.3 is 0 Å². The van der Waals surface area contributed by atoms with E-state index in [0.717, 1.165) is 0 Å². The molecule has 0 aliphatic heterocycles. The molecule has 0 aromatic heterocycles. The molecule has 0 aromatic carbocycles. The first-order valence-electron chi connectivity index (χ1n) is 4.31. The smallest absolute Gasteiger partial charge is 0.0671 e. The van der Waals surface area contributed by atoms with Crippen LogP contribution in [0, 0.1) is 5.41 Å². The summed E-state index contributed by atoms with van der Waals surface area (Å²) in [4.78, 5) is 0. The van der Waals surface area contributed by atoms with Crippen LogP contribution in [0.2, 0.25) is 5.31 Å². The van der Waals surface area contributed by atoms with Crippen molar-refractivity contribution in [3.8, 4) is 0 Å². The van der Waals surface area contributed by atoms with E-state index >= 15 is 0 Å². The molecule has 0 amide bonds. The molecule has 0 aliphatic rings. The molecule has 11 heavy (non-hydrogen) atoms. The van der Waals surface area contributed by atoms with Gasteiger partial charge in [0, 0.05) is 0 Å². The normalized spacial score (nSPS) is 11.7. The third kappa shape index (κ3) is 4.10. The number of hydrogen-bond acceptors (Lipinski definition) is 0. The predicted molar refractivity (Wildman–Crippen MR) is 67.7 cm³/mol. The summed E-state index contributed by atoms with van der Waals surface area (Å²) in [6.45, 7) is 11.7. The molecule has 0 radical (unpaired) electrons. The van der Waals surface area contributed by atoms with Crippen molar-refractivity contribution in [2.24, 2.45) is 5.41 Å². The van der Waals surface area contributed by atoms with Gasteiger partial charge in [0.25, 0.3) is 0 Å². The van der Waals surface area contributed by atoms with Gasteiger partial charge in [0.1, 0.15) is 0 Å². The molecule has 0 N–H and O–H groups in total. The first kappa shape index (κ1) is 14.0. The van der Waals surface area contributed by atoms with Crippen LogP contribution in [0.4, 0.5) is 0 Å². The monoisotopic (exact) mass is 168 g/mol. The lowest BCUT2D eigenvalue weighted by Gasteiger charge is -2.38. The van der Waals surface area contributed by atoms with Crippen molar-refractivity contribution >= 4 is 32.9 Å². The molecule has 0 unspecified atom stereocenters. The summed E-state index contributed by atoms with van der Waals surface area (Å²) in [5.74, 6) is 0. The van der Waals surface area contributed by atoms with Crippen LogP contribution in [-0.2, 0) is 0 Å². The maximum Gasteiger partial charge on any atom is 0.0857 e. The molecule has 0 nitrogen and oxygen atoms in total. The largest absolute Gasteiger partial charge is 0.0857 e. The van der Waals surface area contributed by atoms with Crippen LogP contribution in [0.1, 0.15) is 34.6 Å². The number of rotatable bonds is 2. The maximum atomic E-state index is 2.36. The summed E-state index contributed by atoms with van der Waals surface area (Å²) < 4.78 is 0. The highest BCUT2D eigenvalue weighted by atomic mass is 28.1. The fraction of sp³-hybridized carbons (Fsp3) is 1.00. The van der Waals surface area contributed by atoms with Crippen molar-refractivity contribution in [2.75, 3.05) is 0 Å². The fourth-order valence-electron chi connectivity index (χ4n) is 1.000. The minimum Gasteiger partial charge on any atom is -0.0671 e. The van der Waals surface area contributed by atoms with Crippen LogP contribution in [0.15, 0.2) is 0 Å². The summed E-state index contributed by atoms with van der Waals surface area (Å²) in [6.07, 6.45) is 0. The van der Waals surface area contributed by atoms with Crippen molar-refractivity contribution in [1.29, 1.82) is 0 Å². The van der Waals surface area contributed by atoms with Gasteiger partial charge in [-0.25, -0.2) is 0 Å². The Balaban J connectivity index is 0. The summed E-state index contributed by atoms with van der Waals surface area (Å²) in [6, 6.07) is 0. The van der Waals surface area contributed by atoms with Gasteiger partial charge in [0.2, 0.25) is 0 Å². The highest BCUT2D eigenvalue weighted by Gasteiger charge is 2.31. The van der Waals surface area contributed by atoms with Crippen molar-refractivity contribution in [3.63, 3.8) is 0 Å². The lowest BCUT2D eigenvalue weighted by atomic mass is 9.18. The Morgan fingerprint density at radius 1 is 1.00 bits per heavy atom. The molecule has 0 fully saturated rings. The molecule has 0 saturated heterocycles. The minimum absolute atomic E-state index is 0. The average Bonchev–Trinajstić information content (AvgIpc) is 1.61. The Morgan fingerprint density at radius 3 is 1.45 bits per heavy atom. The summed E-state index contributed by atoms with van der Waals surface area (Å²) in [5.41, 5.74) is 0.447. The molecule has 0 saturated carbocycles. The van der Waals surface area contributed by atoms with Crippen LogP contribution in [0.5, 0.6) is 0 Å². The standard InChI is InChI=1S/C7H19B3.H4Si/c1-6(2,3)7(4,5)9-10-8;/h9-10H,8H2,1-5H3;1H4. The topological polar surface area (TPSA) is 0 Å². The zero-order chi connectivity index (χ0) is 8.41. The Labute approximate surface area is 78.8 Å². The van der Waals surface area contributed by atoms with Gasteiger partial charge in [-0.2, -0.15) is 0 Å². The van der Waals surface area contributed by atoms with Crippen molar-refractivity contribution < 1.29 is 0 Å². The Bertz CT molecular complexity index is 107. The van der Waals surface area contributed by atoms with Gasteiger partial charge in [-0.1, -0.05) is 39.9 Å². The summed E-state index contributed by atoms with van der Waals surface area (Å²) >= 11 is 0. The quantitative estimate of drug-likeness (QED) is 0.469. The van der Waals surface area contributed by atoms with Crippen LogP contribution >= 0.6 is 0 Å². The second kappa shape index (κ2) is 4.44. The van der Waals surface area contributed by atoms with Crippen LogP contribution in [0.25, 0.3) is 0 Å². The second-order valence-corrected chi connectivity index (χ2v) is 4.88. The molecule has 4 heteroatoms. The van der Waals surface area contributed by atoms with E-state index in [1.54, 1.807) is 0 Å². The maximum absolute atomic E-state index is 2.36. The lowest BCUT2D eigenvalue weighted by molar-refractivity contribution is 0.301. The van der Waals surface area contributed by atoms with Gasteiger partial charge in [-0.15, -0.1) is 0 Å². The zero-order valence-electron chi connectivity index (χ0n) is 8.41. The van der Waals surface area contributed by atoms with E-state index in [1.165, 1.54) is 14.2 Å². The zero-order valence-corrected chi connectivity index (χ0v) is 8.41. The number of hydrogen-bond donors (Lipinski definition) is 0. The molecular weight excluding hydrogens is 145 g/mol. The Hall–Kier alpha value is 0.412. The van der Waals surface area contributed by atoms with Crippen LogP contribution < -0.4 is 0 Å². The highest BCUT2D eigenvalue weighted by Crippen LogP contribution is 2.42. The SMILES string of the molecule is BBBC(C)(C)C(C)(C)C.[SiH4]. The van der Waals surface area contributed by atoms with Crippen molar-refractivity contribution in [3.05, 3.63) is 0 Å². The Morgan fingerprint density at radius 2 is 1.36 bits per heavy atom. The summed E-state index contributed by atoms with van der Waals surface area (Å²) in [7, 11) is 4.88. The first-order chi connectivity index (χ1) is 4.31. The van der Waals surface area contributed by atoms with Gasteiger partial charge in [0.05, 0.1) is 22.0 Å². The molecule has 0 bridgehead atoms. The molecule has 0 atom stereocenters. The van der Waals surface area contributed by atoms with Crippen LogP contribution in [0.3, 0.4) is 0 Å². The molecule has 0 aromatic rings. The van der Waals surface area contributed by atoms with Crippen molar-refractivity contribution in [2.45, 2.75) is 39.9 Å². The molecule has 0 rings (SSSR count). The third-order valence-corrected chi connectivity index (χ3v) is 2.91.